The number of carbonyl (C=O) groups is 2. The molecule has 0 unspecified atom stereocenters. The van der Waals surface area contributed by atoms with Gasteiger partial charge in [-0.1, -0.05) is 6.07 Å². The van der Waals surface area contributed by atoms with E-state index in [0.717, 1.165) is 52.0 Å². The minimum Gasteiger partial charge on any atom is -0.508 e. The molecule has 2 aliphatic heterocycles. The molecule has 31 heavy (non-hydrogen) atoms. The molecule has 1 saturated carbocycles. The molecule has 0 radical (unpaired) electrons. The highest BCUT2D eigenvalue weighted by Gasteiger charge is 2.53. The number of phenolic OH excluding ortho intramolecular Hbond substituents is 1. The smallest absolute Gasteiger partial charge is 0.254 e. The zero-order valence-electron chi connectivity index (χ0n) is 18.7. The van der Waals surface area contributed by atoms with E-state index in [0.29, 0.717) is 24.7 Å². The van der Waals surface area contributed by atoms with E-state index >= 15 is 0 Å². The number of ether oxygens (including phenoxy) is 1. The van der Waals surface area contributed by atoms with Gasteiger partial charge in [-0.25, -0.2) is 0 Å². The summed E-state index contributed by atoms with van der Waals surface area (Å²) < 4.78 is 5.52. The molecular weight excluding hydrogens is 394 g/mol. The van der Waals surface area contributed by atoms with Crippen molar-refractivity contribution < 1.29 is 19.4 Å². The van der Waals surface area contributed by atoms with E-state index < -0.39 is 5.41 Å². The van der Waals surface area contributed by atoms with E-state index in [-0.39, 0.29) is 29.5 Å². The number of aromatic hydroxyl groups is 1. The zero-order chi connectivity index (χ0) is 22.0. The van der Waals surface area contributed by atoms with Gasteiger partial charge in [0.25, 0.3) is 5.91 Å². The lowest BCUT2D eigenvalue weighted by atomic mass is 9.60. The van der Waals surface area contributed by atoms with Crippen molar-refractivity contribution in [1.82, 2.24) is 15.1 Å². The maximum absolute atomic E-state index is 13.5. The lowest BCUT2D eigenvalue weighted by molar-refractivity contribution is -0.144. The number of piperidine rings is 1. The molecule has 0 bridgehead atoms. The second kappa shape index (κ2) is 9.17. The molecule has 170 valence electrons. The van der Waals surface area contributed by atoms with E-state index in [4.69, 9.17) is 4.74 Å². The van der Waals surface area contributed by atoms with Gasteiger partial charge in [0.05, 0.1) is 18.6 Å². The number of nitrogens with zero attached hydrogens (tertiary/aromatic N) is 2. The first kappa shape index (κ1) is 22.1. The van der Waals surface area contributed by atoms with Crippen LogP contribution in [0.25, 0.3) is 0 Å². The molecule has 0 aromatic heterocycles. The van der Waals surface area contributed by atoms with Crippen LogP contribution in [0.4, 0.5) is 0 Å². The van der Waals surface area contributed by atoms with E-state index in [2.05, 4.69) is 10.2 Å². The minimum absolute atomic E-state index is 0.0663. The molecule has 1 aromatic rings. The van der Waals surface area contributed by atoms with Crippen molar-refractivity contribution in [2.75, 3.05) is 39.4 Å². The first-order valence-electron chi connectivity index (χ1n) is 11.6. The third-order valence-corrected chi connectivity index (χ3v) is 7.30. The summed E-state index contributed by atoms with van der Waals surface area (Å²) in [7, 11) is 0. The van der Waals surface area contributed by atoms with Crippen molar-refractivity contribution in [2.24, 2.45) is 11.3 Å². The second-order valence-corrected chi connectivity index (χ2v) is 9.62. The fourth-order valence-corrected chi connectivity index (χ4v) is 5.68. The summed E-state index contributed by atoms with van der Waals surface area (Å²) in [5.74, 6) is 0.322. The van der Waals surface area contributed by atoms with Gasteiger partial charge in [0, 0.05) is 43.8 Å². The molecule has 3 aliphatic rings. The lowest BCUT2D eigenvalue weighted by Gasteiger charge is -2.53. The van der Waals surface area contributed by atoms with Crippen LogP contribution in [0.1, 0.15) is 49.9 Å². The monoisotopic (exact) mass is 429 g/mol. The molecule has 2 amide bonds. The maximum atomic E-state index is 13.5. The molecule has 0 spiro atoms. The van der Waals surface area contributed by atoms with Gasteiger partial charge < -0.3 is 20.1 Å². The number of hydrogen-bond acceptors (Lipinski definition) is 5. The van der Waals surface area contributed by atoms with Gasteiger partial charge in [-0.05, 0) is 63.6 Å². The van der Waals surface area contributed by atoms with Crippen molar-refractivity contribution in [3.05, 3.63) is 29.8 Å². The Kier molecular flexibility index (Phi) is 6.53. The number of likely N-dealkylation sites (tertiary alicyclic amines) is 1. The first-order valence-corrected chi connectivity index (χ1v) is 11.6. The van der Waals surface area contributed by atoms with Crippen molar-refractivity contribution in [1.29, 1.82) is 0 Å². The normalized spacial score (nSPS) is 29.5. The molecule has 4 rings (SSSR count). The largest absolute Gasteiger partial charge is 0.508 e. The number of benzene rings is 1. The minimum atomic E-state index is -0.544. The predicted molar refractivity (Wildman–Crippen MR) is 118 cm³/mol. The van der Waals surface area contributed by atoms with Crippen molar-refractivity contribution in [3.8, 4) is 5.75 Å². The van der Waals surface area contributed by atoms with Crippen molar-refractivity contribution in [2.45, 2.75) is 51.6 Å². The van der Waals surface area contributed by atoms with Crippen LogP contribution < -0.4 is 5.32 Å². The summed E-state index contributed by atoms with van der Waals surface area (Å²) in [5, 5.41) is 12.9. The van der Waals surface area contributed by atoms with Gasteiger partial charge in [0.1, 0.15) is 5.75 Å². The SMILES string of the molecule is CC(C)NC(=O)[C@@]12CC[C@H](N3CCOCC3)C[C@H]1CCN(C(=O)c1cccc(O)c1)C2. The van der Waals surface area contributed by atoms with Crippen LogP contribution in [0.3, 0.4) is 0 Å². The van der Waals surface area contributed by atoms with Crippen molar-refractivity contribution >= 4 is 11.8 Å². The average molecular weight is 430 g/mol. The zero-order valence-corrected chi connectivity index (χ0v) is 18.7. The number of fused-ring (bicyclic) bond motifs is 1. The molecule has 2 N–H and O–H groups in total. The molecular formula is C24H35N3O4. The van der Waals surface area contributed by atoms with Gasteiger partial charge >= 0.3 is 0 Å². The Bertz CT molecular complexity index is 808. The Morgan fingerprint density at radius 1 is 1.19 bits per heavy atom. The van der Waals surface area contributed by atoms with E-state index in [1.54, 1.807) is 18.2 Å². The van der Waals surface area contributed by atoms with Gasteiger partial charge in [-0.3, -0.25) is 14.5 Å². The number of amides is 2. The summed E-state index contributed by atoms with van der Waals surface area (Å²) in [4.78, 5) is 31.0. The molecule has 7 nitrogen and oxygen atoms in total. The van der Waals surface area contributed by atoms with Crippen LogP contribution in [0, 0.1) is 11.3 Å². The second-order valence-electron chi connectivity index (χ2n) is 9.62. The number of morpholine rings is 1. The third kappa shape index (κ3) is 4.58. The number of carbonyl (C=O) groups excluding carboxylic acids is 2. The van der Waals surface area contributed by atoms with Crippen LogP contribution >= 0.6 is 0 Å². The average Bonchev–Trinajstić information content (AvgIpc) is 2.78. The summed E-state index contributed by atoms with van der Waals surface area (Å²) in [5.41, 5.74) is -0.0718. The first-order chi connectivity index (χ1) is 14.9. The summed E-state index contributed by atoms with van der Waals surface area (Å²) in [6.45, 7) is 8.56. The molecule has 7 heteroatoms. The Morgan fingerprint density at radius 2 is 1.97 bits per heavy atom. The number of rotatable bonds is 4. The van der Waals surface area contributed by atoms with E-state index in [1.165, 1.54) is 6.07 Å². The lowest BCUT2D eigenvalue weighted by Crippen LogP contribution is -2.62. The standard InChI is InChI=1S/C24H35N3O4/c1-17(2)25-23(30)24-8-6-20(26-10-12-31-13-11-26)15-19(24)7-9-27(16-24)22(29)18-4-3-5-21(28)14-18/h3-5,14,17,19-20,28H,6-13,15-16H2,1-2H3,(H,25,30)/t19-,20+,24-/m1/s1. The Balaban J connectivity index is 1.55. The summed E-state index contributed by atoms with van der Waals surface area (Å²) >= 11 is 0. The van der Waals surface area contributed by atoms with Crippen LogP contribution in [-0.4, -0.2) is 78.2 Å². The van der Waals surface area contributed by atoms with Crippen LogP contribution in [0.5, 0.6) is 5.75 Å². The van der Waals surface area contributed by atoms with E-state index in [9.17, 15) is 14.7 Å². The number of hydrogen-bond donors (Lipinski definition) is 2. The van der Waals surface area contributed by atoms with Gasteiger partial charge in [-0.2, -0.15) is 0 Å². The molecule has 2 saturated heterocycles. The Morgan fingerprint density at radius 3 is 2.68 bits per heavy atom. The quantitative estimate of drug-likeness (QED) is 0.767. The topological polar surface area (TPSA) is 82.1 Å². The van der Waals surface area contributed by atoms with E-state index in [1.807, 2.05) is 18.7 Å². The fraction of sp³-hybridized carbons (Fsp3) is 0.667. The molecule has 1 aliphatic carbocycles. The molecule has 3 atom stereocenters. The fourth-order valence-electron chi connectivity index (χ4n) is 5.68. The summed E-state index contributed by atoms with van der Waals surface area (Å²) in [6, 6.07) is 7.03. The molecule has 3 fully saturated rings. The maximum Gasteiger partial charge on any atom is 0.254 e. The number of nitrogens with one attached hydrogen (secondary N) is 1. The van der Waals surface area contributed by atoms with Gasteiger partial charge in [-0.15, -0.1) is 0 Å². The van der Waals surface area contributed by atoms with Crippen LogP contribution in [-0.2, 0) is 9.53 Å². The highest BCUT2D eigenvalue weighted by Crippen LogP contribution is 2.48. The number of phenols is 1. The van der Waals surface area contributed by atoms with Gasteiger partial charge in [0.15, 0.2) is 0 Å². The molecule has 2 heterocycles. The highest BCUT2D eigenvalue weighted by molar-refractivity contribution is 5.95. The predicted octanol–water partition coefficient (Wildman–Crippen LogP) is 2.25. The van der Waals surface area contributed by atoms with Crippen molar-refractivity contribution in [3.63, 3.8) is 0 Å². The van der Waals surface area contributed by atoms with Crippen LogP contribution in [0.15, 0.2) is 24.3 Å². The Labute approximate surface area is 184 Å². The highest BCUT2D eigenvalue weighted by atomic mass is 16.5. The van der Waals surface area contributed by atoms with Gasteiger partial charge in [0.2, 0.25) is 5.91 Å². The third-order valence-electron chi connectivity index (χ3n) is 7.30. The Hall–Kier alpha value is -2.12. The van der Waals surface area contributed by atoms with Crippen LogP contribution in [0.2, 0.25) is 0 Å². The molecule has 1 aromatic carbocycles. The summed E-state index contributed by atoms with van der Waals surface area (Å²) in [6.07, 6.45) is 3.59.